The van der Waals surface area contributed by atoms with Gasteiger partial charge in [0.2, 0.25) is 0 Å². The van der Waals surface area contributed by atoms with Crippen LogP contribution in [-0.2, 0) is 0 Å². The highest BCUT2D eigenvalue weighted by atomic mass is 15.2. The Labute approximate surface area is 190 Å². The minimum atomic E-state index is 1.02. The van der Waals surface area contributed by atoms with Crippen molar-refractivity contribution in [2.75, 3.05) is 49.1 Å². The van der Waals surface area contributed by atoms with Crippen molar-refractivity contribution in [2.45, 2.75) is 19.3 Å². The summed E-state index contributed by atoms with van der Waals surface area (Å²) >= 11 is 0. The summed E-state index contributed by atoms with van der Waals surface area (Å²) in [5.41, 5.74) is 5.33. The first-order chi connectivity index (χ1) is 15.9. The average molecular weight is 421 g/mol. The van der Waals surface area contributed by atoms with Gasteiger partial charge in [0, 0.05) is 62.1 Å². The van der Waals surface area contributed by atoms with Gasteiger partial charge in [-0.05, 0) is 52.9 Å². The summed E-state index contributed by atoms with van der Waals surface area (Å²) in [4.78, 5) is 5.14. The van der Waals surface area contributed by atoms with Gasteiger partial charge in [0.1, 0.15) is 0 Å². The molecular formula is C29H30N3. The van der Waals surface area contributed by atoms with E-state index in [-0.39, 0.29) is 0 Å². The molecule has 6 rings (SSSR count). The molecule has 0 unspecified atom stereocenters. The second-order valence-corrected chi connectivity index (χ2v) is 9.08. The number of piperidine rings is 1. The summed E-state index contributed by atoms with van der Waals surface area (Å²) in [5.74, 6) is 0. The fraction of sp³-hybridized carbons (Fsp3) is 0.310. The number of piperazine rings is 1. The van der Waals surface area contributed by atoms with Crippen LogP contribution in [0.1, 0.15) is 19.3 Å². The number of hydrogen-bond acceptors (Lipinski definition) is 3. The topological polar surface area (TPSA) is 18.5 Å². The molecule has 4 aromatic carbocycles. The number of benzene rings is 4. The zero-order valence-corrected chi connectivity index (χ0v) is 18.6. The normalized spacial score (nSPS) is 17.2. The van der Waals surface area contributed by atoms with E-state index >= 15 is 0 Å². The molecule has 1 N–H and O–H groups in total. The van der Waals surface area contributed by atoms with Gasteiger partial charge in [0.25, 0.3) is 0 Å². The van der Waals surface area contributed by atoms with Gasteiger partial charge in [-0.1, -0.05) is 54.6 Å². The van der Waals surface area contributed by atoms with Gasteiger partial charge in [0.05, 0.1) is 5.69 Å². The molecule has 161 valence electrons. The Kier molecular flexibility index (Phi) is 5.20. The van der Waals surface area contributed by atoms with Gasteiger partial charge in [-0.3, -0.25) is 0 Å². The zero-order chi connectivity index (χ0) is 21.3. The largest absolute Gasteiger partial charge is 0.371 e. The van der Waals surface area contributed by atoms with Crippen LogP contribution in [0.5, 0.6) is 0 Å². The second-order valence-electron chi connectivity index (χ2n) is 9.08. The molecule has 2 aliphatic heterocycles. The van der Waals surface area contributed by atoms with Crippen molar-refractivity contribution in [3.05, 3.63) is 72.8 Å². The van der Waals surface area contributed by atoms with E-state index in [9.17, 15) is 0 Å². The summed E-state index contributed by atoms with van der Waals surface area (Å²) in [6, 6.07) is 28.5. The fourth-order valence-electron chi connectivity index (χ4n) is 5.43. The molecule has 0 aromatic heterocycles. The van der Waals surface area contributed by atoms with E-state index in [1.54, 1.807) is 0 Å². The third-order valence-corrected chi connectivity index (χ3v) is 7.08. The number of fused-ring (bicyclic) bond motifs is 2. The van der Waals surface area contributed by atoms with Crippen LogP contribution in [0.2, 0.25) is 0 Å². The highest BCUT2D eigenvalue weighted by Crippen LogP contribution is 2.44. The number of hydrogen-bond donors (Lipinski definition) is 1. The van der Waals surface area contributed by atoms with Crippen LogP contribution in [0.15, 0.2) is 66.7 Å². The van der Waals surface area contributed by atoms with Gasteiger partial charge in [-0.15, -0.1) is 0 Å². The maximum absolute atomic E-state index is 3.84. The van der Waals surface area contributed by atoms with Crippen LogP contribution in [0.25, 0.3) is 32.7 Å². The van der Waals surface area contributed by atoms with Crippen molar-refractivity contribution in [1.29, 1.82) is 0 Å². The molecule has 0 atom stereocenters. The van der Waals surface area contributed by atoms with E-state index in [2.05, 4.69) is 87.9 Å². The smallest absolute Gasteiger partial charge is 0.0535 e. The molecule has 32 heavy (non-hydrogen) atoms. The maximum atomic E-state index is 3.84. The predicted octanol–water partition coefficient (Wildman–Crippen LogP) is 5.86. The van der Waals surface area contributed by atoms with E-state index in [1.165, 1.54) is 63.3 Å². The van der Waals surface area contributed by atoms with Crippen molar-refractivity contribution in [3.63, 3.8) is 0 Å². The molecular weight excluding hydrogens is 390 g/mol. The minimum absolute atomic E-state index is 1.02. The first kappa shape index (κ1) is 19.6. The molecule has 2 aliphatic rings. The zero-order valence-electron chi connectivity index (χ0n) is 18.6. The van der Waals surface area contributed by atoms with Gasteiger partial charge in [-0.2, -0.15) is 0 Å². The van der Waals surface area contributed by atoms with Crippen LogP contribution >= 0.6 is 0 Å². The van der Waals surface area contributed by atoms with Crippen LogP contribution in [0, 0.1) is 6.07 Å². The molecule has 0 bridgehead atoms. The quantitative estimate of drug-likeness (QED) is 0.448. The van der Waals surface area contributed by atoms with Crippen molar-refractivity contribution in [1.82, 2.24) is 5.32 Å². The highest BCUT2D eigenvalue weighted by molar-refractivity contribution is 6.08. The first-order valence-electron chi connectivity index (χ1n) is 12.1. The Bertz CT molecular complexity index is 1250. The van der Waals surface area contributed by atoms with Crippen LogP contribution in [0.3, 0.4) is 0 Å². The van der Waals surface area contributed by atoms with Crippen molar-refractivity contribution >= 4 is 32.9 Å². The molecule has 2 heterocycles. The van der Waals surface area contributed by atoms with Gasteiger partial charge in [0.15, 0.2) is 0 Å². The lowest BCUT2D eigenvalue weighted by Gasteiger charge is -2.34. The van der Waals surface area contributed by atoms with Crippen molar-refractivity contribution in [3.8, 4) is 11.1 Å². The number of anilines is 2. The van der Waals surface area contributed by atoms with Gasteiger partial charge < -0.3 is 15.1 Å². The van der Waals surface area contributed by atoms with Gasteiger partial charge in [-0.25, -0.2) is 0 Å². The average Bonchev–Trinajstić information content (AvgIpc) is 2.88. The first-order valence-corrected chi connectivity index (χ1v) is 12.1. The number of nitrogens with one attached hydrogen (secondary N) is 1. The minimum Gasteiger partial charge on any atom is -0.371 e. The molecule has 0 aliphatic carbocycles. The molecule has 3 heteroatoms. The number of nitrogens with zero attached hydrogens (tertiary/aromatic N) is 2. The maximum Gasteiger partial charge on any atom is 0.0535 e. The molecule has 2 fully saturated rings. The lowest BCUT2D eigenvalue weighted by molar-refractivity contribution is 0.578. The highest BCUT2D eigenvalue weighted by Gasteiger charge is 2.23. The second kappa shape index (κ2) is 8.48. The van der Waals surface area contributed by atoms with E-state index in [1.807, 2.05) is 0 Å². The molecule has 1 radical (unpaired) electrons. The molecule has 0 spiro atoms. The van der Waals surface area contributed by atoms with Crippen molar-refractivity contribution < 1.29 is 0 Å². The molecule has 0 amide bonds. The third-order valence-electron chi connectivity index (χ3n) is 7.08. The molecule has 0 saturated carbocycles. The van der Waals surface area contributed by atoms with Crippen LogP contribution in [-0.4, -0.2) is 39.3 Å². The van der Waals surface area contributed by atoms with E-state index in [0.717, 1.165) is 39.3 Å². The SMILES string of the molecule is [c]1c(N2CCNCC2)c(-c2c(N3CCCCC3)ccc3ccccc23)cc2ccccc12. The molecule has 2 saturated heterocycles. The summed E-state index contributed by atoms with van der Waals surface area (Å²) in [5, 5.41) is 8.62. The lowest BCUT2D eigenvalue weighted by atomic mass is 9.91. The Balaban J connectivity index is 1.64. The third kappa shape index (κ3) is 3.51. The van der Waals surface area contributed by atoms with E-state index in [4.69, 9.17) is 0 Å². The van der Waals surface area contributed by atoms with E-state index in [0.29, 0.717) is 0 Å². The van der Waals surface area contributed by atoms with Gasteiger partial charge >= 0.3 is 0 Å². The summed E-state index contributed by atoms with van der Waals surface area (Å²) in [6.07, 6.45) is 3.90. The van der Waals surface area contributed by atoms with E-state index < -0.39 is 0 Å². The Hall–Kier alpha value is -3.04. The summed E-state index contributed by atoms with van der Waals surface area (Å²) < 4.78 is 0. The van der Waals surface area contributed by atoms with Crippen LogP contribution < -0.4 is 15.1 Å². The molecule has 3 nitrogen and oxygen atoms in total. The van der Waals surface area contributed by atoms with Crippen LogP contribution in [0.4, 0.5) is 11.4 Å². The Morgan fingerprint density at radius 2 is 1.44 bits per heavy atom. The fourth-order valence-corrected chi connectivity index (χ4v) is 5.43. The number of rotatable bonds is 3. The molecule has 4 aromatic rings. The van der Waals surface area contributed by atoms with Crippen molar-refractivity contribution in [2.24, 2.45) is 0 Å². The standard InChI is InChI=1S/C29H30N3/c1-6-16-31(17-7-1)27-13-12-22-8-4-5-11-25(22)29(27)26-20-23-9-2-3-10-24(23)21-28(26)32-18-14-30-15-19-32/h2-5,8-13,20,30H,1,6-7,14-19H2. The predicted molar refractivity (Wildman–Crippen MR) is 137 cm³/mol. The summed E-state index contributed by atoms with van der Waals surface area (Å²) in [6.45, 7) is 6.37. The monoisotopic (exact) mass is 420 g/mol. The lowest BCUT2D eigenvalue weighted by Crippen LogP contribution is -2.43. The Morgan fingerprint density at radius 1 is 0.688 bits per heavy atom. The Morgan fingerprint density at radius 3 is 2.28 bits per heavy atom. The summed E-state index contributed by atoms with van der Waals surface area (Å²) in [7, 11) is 0.